The lowest BCUT2D eigenvalue weighted by Crippen LogP contribution is -1.98. The normalized spacial score (nSPS) is 26.9. The first-order chi connectivity index (χ1) is 3.93. The van der Waals surface area contributed by atoms with Gasteiger partial charge in [0.25, 0.3) is 0 Å². The van der Waals surface area contributed by atoms with Crippen LogP contribution in [0.1, 0.15) is 6.42 Å². The fourth-order valence-corrected chi connectivity index (χ4v) is 0.577. The summed E-state index contributed by atoms with van der Waals surface area (Å²) in [5.74, 6) is 0. The van der Waals surface area contributed by atoms with E-state index in [1.165, 1.54) is 0 Å². The zero-order valence-corrected chi connectivity index (χ0v) is 4.58. The maximum Gasteiger partial charge on any atom is 0.150 e. The molecule has 0 saturated heterocycles. The molecule has 1 unspecified atom stereocenters. The van der Waals surface area contributed by atoms with Crippen LogP contribution < -0.4 is 0 Å². The Labute approximate surface area is 48.8 Å². The van der Waals surface area contributed by atoms with Gasteiger partial charge in [-0.05, 0) is 13.0 Å². The van der Waals surface area contributed by atoms with Crippen molar-refractivity contribution in [1.82, 2.24) is 0 Å². The molecule has 1 radical (unpaired) electrons. The second-order valence-corrected chi connectivity index (χ2v) is 1.60. The smallest absolute Gasteiger partial charge is 0.150 e. The highest BCUT2D eigenvalue weighted by Crippen LogP contribution is 2.04. The first kappa shape index (κ1) is 5.35. The SMILES string of the molecule is [CH2]C=CC1CC=NO1. The van der Waals surface area contributed by atoms with Crippen LogP contribution in [-0.4, -0.2) is 12.3 Å². The standard InChI is InChI=1S/C6H8NO/c1-2-3-6-4-5-7-8-6/h2-3,5-6H,1,4H2. The first-order valence-corrected chi connectivity index (χ1v) is 2.57. The number of allylic oxidation sites excluding steroid dienone is 1. The van der Waals surface area contributed by atoms with Gasteiger partial charge in [0.1, 0.15) is 0 Å². The molecule has 43 valence electrons. The molecule has 1 atom stereocenters. The Bertz CT molecular complexity index is 110. The molecule has 0 bridgehead atoms. The lowest BCUT2D eigenvalue weighted by Gasteiger charge is -1.97. The molecule has 0 spiro atoms. The molecule has 2 heteroatoms. The van der Waals surface area contributed by atoms with E-state index >= 15 is 0 Å². The van der Waals surface area contributed by atoms with Crippen LogP contribution in [0.2, 0.25) is 0 Å². The third-order valence-corrected chi connectivity index (χ3v) is 0.959. The van der Waals surface area contributed by atoms with Crippen LogP contribution >= 0.6 is 0 Å². The monoisotopic (exact) mass is 110 g/mol. The van der Waals surface area contributed by atoms with Crippen LogP contribution in [0.5, 0.6) is 0 Å². The third-order valence-electron chi connectivity index (χ3n) is 0.959. The highest BCUT2D eigenvalue weighted by molar-refractivity contribution is 5.59. The zero-order valence-electron chi connectivity index (χ0n) is 4.58. The first-order valence-electron chi connectivity index (χ1n) is 2.57. The van der Waals surface area contributed by atoms with Crippen molar-refractivity contribution in [1.29, 1.82) is 0 Å². The molecule has 0 fully saturated rings. The van der Waals surface area contributed by atoms with Gasteiger partial charge in [0.05, 0.1) is 0 Å². The van der Waals surface area contributed by atoms with E-state index in [1.807, 2.05) is 6.08 Å². The van der Waals surface area contributed by atoms with Gasteiger partial charge in [-0.1, -0.05) is 11.2 Å². The van der Waals surface area contributed by atoms with Gasteiger partial charge in [0.2, 0.25) is 0 Å². The summed E-state index contributed by atoms with van der Waals surface area (Å²) in [6.07, 6.45) is 6.38. The van der Waals surface area contributed by atoms with Gasteiger partial charge in [-0.25, -0.2) is 0 Å². The van der Waals surface area contributed by atoms with E-state index in [0.29, 0.717) is 0 Å². The predicted molar refractivity (Wildman–Crippen MR) is 32.5 cm³/mol. The van der Waals surface area contributed by atoms with Gasteiger partial charge in [-0.15, -0.1) is 0 Å². The molecule has 0 aromatic rings. The van der Waals surface area contributed by atoms with Gasteiger partial charge in [-0.2, -0.15) is 0 Å². The van der Waals surface area contributed by atoms with Gasteiger partial charge in [0.15, 0.2) is 6.10 Å². The van der Waals surface area contributed by atoms with Crippen molar-refractivity contribution in [3.05, 3.63) is 19.1 Å². The van der Waals surface area contributed by atoms with Crippen molar-refractivity contribution in [2.75, 3.05) is 0 Å². The Morgan fingerprint density at radius 1 is 1.88 bits per heavy atom. The lowest BCUT2D eigenvalue weighted by molar-refractivity contribution is 0.120. The van der Waals surface area contributed by atoms with Crippen LogP contribution in [-0.2, 0) is 4.84 Å². The molecule has 1 heterocycles. The molecule has 8 heavy (non-hydrogen) atoms. The largest absolute Gasteiger partial charge is 0.388 e. The van der Waals surface area contributed by atoms with E-state index in [1.54, 1.807) is 12.3 Å². The summed E-state index contributed by atoms with van der Waals surface area (Å²) in [5.41, 5.74) is 0. The highest BCUT2D eigenvalue weighted by atomic mass is 16.6. The van der Waals surface area contributed by atoms with E-state index in [0.717, 1.165) is 6.42 Å². The van der Waals surface area contributed by atoms with E-state index in [9.17, 15) is 0 Å². The second kappa shape index (κ2) is 2.50. The van der Waals surface area contributed by atoms with Crippen molar-refractivity contribution in [2.24, 2.45) is 5.16 Å². The molecule has 1 rings (SSSR count). The molecule has 0 saturated carbocycles. The summed E-state index contributed by atoms with van der Waals surface area (Å²) in [7, 11) is 0. The Kier molecular flexibility index (Phi) is 1.67. The number of hydrogen-bond donors (Lipinski definition) is 0. The summed E-state index contributed by atoms with van der Waals surface area (Å²) < 4.78 is 0. The fourth-order valence-electron chi connectivity index (χ4n) is 0.577. The fraction of sp³-hybridized carbons (Fsp3) is 0.333. The minimum atomic E-state index is 0.146. The Morgan fingerprint density at radius 3 is 3.25 bits per heavy atom. The van der Waals surface area contributed by atoms with Crippen molar-refractivity contribution < 1.29 is 4.84 Å². The van der Waals surface area contributed by atoms with Gasteiger partial charge in [-0.3, -0.25) is 0 Å². The molecule has 0 N–H and O–H groups in total. The maximum absolute atomic E-state index is 4.84. The van der Waals surface area contributed by atoms with Crippen LogP contribution in [0.15, 0.2) is 17.3 Å². The Balaban J connectivity index is 2.30. The maximum atomic E-state index is 4.84. The number of hydrogen-bond acceptors (Lipinski definition) is 2. The number of nitrogens with zero attached hydrogens (tertiary/aromatic N) is 1. The molecule has 0 amide bonds. The molecule has 1 aliphatic rings. The quantitative estimate of drug-likeness (QED) is 0.496. The second-order valence-electron chi connectivity index (χ2n) is 1.60. The number of rotatable bonds is 1. The van der Waals surface area contributed by atoms with Crippen molar-refractivity contribution >= 4 is 6.21 Å². The van der Waals surface area contributed by atoms with Crippen molar-refractivity contribution in [2.45, 2.75) is 12.5 Å². The Morgan fingerprint density at radius 2 is 2.75 bits per heavy atom. The van der Waals surface area contributed by atoms with Crippen LogP contribution in [0.3, 0.4) is 0 Å². The summed E-state index contributed by atoms with van der Waals surface area (Å²) >= 11 is 0. The van der Waals surface area contributed by atoms with E-state index in [2.05, 4.69) is 12.1 Å². The van der Waals surface area contributed by atoms with E-state index < -0.39 is 0 Å². The molecule has 0 aliphatic carbocycles. The number of oxime groups is 1. The molecule has 1 aliphatic heterocycles. The van der Waals surface area contributed by atoms with Gasteiger partial charge >= 0.3 is 0 Å². The summed E-state index contributed by atoms with van der Waals surface area (Å²) in [6, 6.07) is 0. The molecule has 0 aromatic heterocycles. The topological polar surface area (TPSA) is 21.6 Å². The lowest BCUT2D eigenvalue weighted by atomic mass is 10.2. The predicted octanol–water partition coefficient (Wildman–Crippen LogP) is 1.15. The zero-order chi connectivity index (χ0) is 5.82. The van der Waals surface area contributed by atoms with Crippen LogP contribution in [0, 0.1) is 6.92 Å². The van der Waals surface area contributed by atoms with E-state index in [4.69, 9.17) is 4.84 Å². The van der Waals surface area contributed by atoms with Crippen molar-refractivity contribution in [3.63, 3.8) is 0 Å². The minimum Gasteiger partial charge on any atom is -0.388 e. The third kappa shape index (κ3) is 1.09. The molecular weight excluding hydrogens is 102 g/mol. The minimum absolute atomic E-state index is 0.146. The van der Waals surface area contributed by atoms with Gasteiger partial charge < -0.3 is 4.84 Å². The van der Waals surface area contributed by atoms with Crippen LogP contribution in [0.4, 0.5) is 0 Å². The summed E-state index contributed by atoms with van der Waals surface area (Å²) in [5, 5.41) is 3.58. The Hall–Kier alpha value is -0.790. The highest BCUT2D eigenvalue weighted by Gasteiger charge is 2.06. The average molecular weight is 110 g/mol. The van der Waals surface area contributed by atoms with Gasteiger partial charge in [0, 0.05) is 12.6 Å². The molecule has 0 aromatic carbocycles. The average Bonchev–Trinajstić information content (AvgIpc) is 2.19. The summed E-state index contributed by atoms with van der Waals surface area (Å²) in [6.45, 7) is 3.53. The van der Waals surface area contributed by atoms with Crippen LogP contribution in [0.25, 0.3) is 0 Å². The molecule has 2 nitrogen and oxygen atoms in total. The summed E-state index contributed by atoms with van der Waals surface area (Å²) in [4.78, 5) is 4.84. The molecular formula is C6H8NO. The van der Waals surface area contributed by atoms with Crippen molar-refractivity contribution in [3.8, 4) is 0 Å². The van der Waals surface area contributed by atoms with E-state index in [-0.39, 0.29) is 6.10 Å².